The molecule has 1 rings (SSSR count). The normalized spacial score (nSPS) is 10.4. The number of carboxylic acids is 2. The van der Waals surface area contributed by atoms with E-state index in [9.17, 15) is 15.7 Å². The van der Waals surface area contributed by atoms with Gasteiger partial charge >= 0.3 is 31.7 Å². The molecule has 0 fully saturated rings. The largest absolute Gasteiger partial charge is 0.478 e. The van der Waals surface area contributed by atoms with E-state index in [0.717, 1.165) is 12.1 Å². The van der Waals surface area contributed by atoms with Gasteiger partial charge in [0.05, 0.1) is 14.7 Å². The van der Waals surface area contributed by atoms with Gasteiger partial charge in [-0.05, 0) is 24.6 Å². The third-order valence-corrected chi connectivity index (χ3v) is 4.20. The van der Waals surface area contributed by atoms with Gasteiger partial charge in [0.1, 0.15) is 0 Å². The lowest BCUT2D eigenvalue weighted by Crippen LogP contribution is -2.06. The highest BCUT2D eigenvalue weighted by Crippen LogP contribution is 2.27. The minimum atomic E-state index is -3.96. The monoisotopic (exact) mass is 338 g/mol. The molecular formula is C9H7IO6. The summed E-state index contributed by atoms with van der Waals surface area (Å²) in [5.41, 5.74) is -0.573. The van der Waals surface area contributed by atoms with Crippen LogP contribution in [0.5, 0.6) is 0 Å². The highest BCUT2D eigenvalue weighted by atomic mass is 127. The van der Waals surface area contributed by atoms with E-state index in [1.807, 2.05) is 0 Å². The Morgan fingerprint density at radius 3 is 2.06 bits per heavy atom. The van der Waals surface area contributed by atoms with E-state index in [2.05, 4.69) is 0 Å². The second-order valence-corrected chi connectivity index (χ2v) is 5.30. The van der Waals surface area contributed by atoms with Gasteiger partial charge in [0.2, 0.25) is 0 Å². The summed E-state index contributed by atoms with van der Waals surface area (Å²) in [7, 11) is 0. The number of aryl methyl sites for hydroxylation is 1. The van der Waals surface area contributed by atoms with Gasteiger partial charge in [-0.25, -0.2) is 15.7 Å². The molecule has 0 heterocycles. The molecule has 0 atom stereocenters. The summed E-state index contributed by atoms with van der Waals surface area (Å²) in [6, 6.07) is 2.00. The van der Waals surface area contributed by atoms with E-state index >= 15 is 0 Å². The molecule has 1 aromatic carbocycles. The number of hydrogen-bond donors (Lipinski definition) is 2. The van der Waals surface area contributed by atoms with Crippen LogP contribution in [0.2, 0.25) is 0 Å². The average Bonchev–Trinajstić information content (AvgIpc) is 2.15. The first kappa shape index (κ1) is 12.6. The Labute approximate surface area is 97.0 Å². The molecule has 16 heavy (non-hydrogen) atoms. The van der Waals surface area contributed by atoms with Crippen LogP contribution in [-0.2, 0) is 6.14 Å². The summed E-state index contributed by atoms with van der Waals surface area (Å²) in [5.74, 6) is -2.75. The minimum absolute atomic E-state index is 0.146. The van der Waals surface area contributed by atoms with Crippen molar-refractivity contribution >= 4 is 31.7 Å². The standard InChI is InChI=1S/C9H7IO6/c1-4-2-5(8(11)12)3-6(9(13)14)7(4)10(15)16/h2-3H,1H3,(H,11,12)(H,13,14). The lowest BCUT2D eigenvalue weighted by atomic mass is 10.1. The van der Waals surface area contributed by atoms with Gasteiger partial charge in [0, 0.05) is 0 Å². The molecule has 0 aliphatic carbocycles. The quantitative estimate of drug-likeness (QED) is 0.813. The smallest absolute Gasteiger partial charge is 0.341 e. The molecule has 2 N–H and O–H groups in total. The fraction of sp³-hybridized carbons (Fsp3) is 0.111. The van der Waals surface area contributed by atoms with Crippen molar-refractivity contribution in [2.24, 2.45) is 0 Å². The van der Waals surface area contributed by atoms with Gasteiger partial charge in [0.15, 0.2) is 0 Å². The van der Waals surface area contributed by atoms with Crippen molar-refractivity contribution in [3.05, 3.63) is 32.4 Å². The summed E-state index contributed by atoms with van der Waals surface area (Å²) >= 11 is -3.96. The maximum Gasteiger partial charge on any atom is 0.341 e. The molecule has 0 saturated heterocycles. The van der Waals surface area contributed by atoms with Gasteiger partial charge in [-0.2, -0.15) is 0 Å². The van der Waals surface area contributed by atoms with Crippen molar-refractivity contribution in [2.75, 3.05) is 0 Å². The lowest BCUT2D eigenvalue weighted by Gasteiger charge is -2.04. The summed E-state index contributed by atoms with van der Waals surface area (Å²) in [5, 5.41) is 17.5. The molecule has 7 heteroatoms. The van der Waals surface area contributed by atoms with E-state index in [1.54, 1.807) is 0 Å². The average molecular weight is 338 g/mol. The van der Waals surface area contributed by atoms with Crippen LogP contribution in [0.25, 0.3) is 0 Å². The van der Waals surface area contributed by atoms with Gasteiger partial charge < -0.3 is 10.2 Å². The Kier molecular flexibility index (Phi) is 3.58. The molecular weight excluding hydrogens is 331 g/mol. The predicted molar refractivity (Wildman–Crippen MR) is 59.2 cm³/mol. The first-order chi connectivity index (χ1) is 7.34. The third kappa shape index (κ3) is 2.35. The zero-order valence-electron chi connectivity index (χ0n) is 8.06. The van der Waals surface area contributed by atoms with Crippen molar-refractivity contribution in [1.82, 2.24) is 0 Å². The lowest BCUT2D eigenvalue weighted by molar-refractivity contribution is 0.0695. The molecule has 0 saturated carbocycles. The molecule has 1 aromatic rings. The van der Waals surface area contributed by atoms with Crippen LogP contribution in [-0.4, -0.2) is 22.2 Å². The van der Waals surface area contributed by atoms with Crippen LogP contribution in [0, 0.1) is 10.5 Å². The molecule has 0 aliphatic rings. The first-order valence-electron chi connectivity index (χ1n) is 4.01. The molecule has 0 amide bonds. The SMILES string of the molecule is Cc1cc(C(=O)O)cc(C(=O)O)c1I(=O)=O. The Morgan fingerprint density at radius 1 is 1.12 bits per heavy atom. The van der Waals surface area contributed by atoms with Crippen LogP contribution in [0.1, 0.15) is 26.3 Å². The predicted octanol–water partition coefficient (Wildman–Crippen LogP) is 1.76. The van der Waals surface area contributed by atoms with Crippen molar-refractivity contribution in [1.29, 1.82) is 0 Å². The second kappa shape index (κ2) is 4.56. The van der Waals surface area contributed by atoms with Crippen molar-refractivity contribution < 1.29 is 25.9 Å². The number of aromatic carboxylic acids is 2. The molecule has 0 aliphatic heterocycles. The number of halogens is 1. The molecule has 0 radical (unpaired) electrons. The van der Waals surface area contributed by atoms with Gasteiger partial charge in [-0.1, -0.05) is 0 Å². The Balaban J connectivity index is 3.64. The number of benzene rings is 1. The summed E-state index contributed by atoms with van der Waals surface area (Å²) in [4.78, 5) is 21.5. The van der Waals surface area contributed by atoms with Crippen molar-refractivity contribution in [3.8, 4) is 0 Å². The molecule has 0 spiro atoms. The Hall–Kier alpha value is -1.51. The van der Waals surface area contributed by atoms with Gasteiger partial charge in [-0.15, -0.1) is 0 Å². The number of carboxylic acid groups (broad SMARTS) is 2. The first-order valence-corrected chi connectivity index (χ1v) is 6.85. The Bertz CT molecular complexity index is 535. The van der Waals surface area contributed by atoms with Crippen LogP contribution in [0.4, 0.5) is 0 Å². The fourth-order valence-corrected chi connectivity index (χ4v) is 2.96. The number of rotatable bonds is 3. The van der Waals surface area contributed by atoms with Crippen LogP contribution in [0.15, 0.2) is 12.1 Å². The maximum atomic E-state index is 10.9. The zero-order chi connectivity index (χ0) is 12.5. The molecule has 86 valence electrons. The van der Waals surface area contributed by atoms with E-state index in [-0.39, 0.29) is 14.7 Å². The van der Waals surface area contributed by atoms with Gasteiger partial charge in [-0.3, -0.25) is 0 Å². The van der Waals surface area contributed by atoms with Gasteiger partial charge in [0.25, 0.3) is 0 Å². The zero-order valence-corrected chi connectivity index (χ0v) is 10.2. The Morgan fingerprint density at radius 2 is 1.69 bits per heavy atom. The summed E-state index contributed by atoms with van der Waals surface area (Å²) in [6.07, 6.45) is 0. The fourth-order valence-electron chi connectivity index (χ4n) is 1.25. The van der Waals surface area contributed by atoms with Crippen LogP contribution in [0.3, 0.4) is 0 Å². The molecule has 0 aromatic heterocycles. The third-order valence-electron chi connectivity index (χ3n) is 1.89. The topological polar surface area (TPSA) is 109 Å². The maximum absolute atomic E-state index is 10.9. The van der Waals surface area contributed by atoms with Crippen molar-refractivity contribution in [2.45, 2.75) is 6.92 Å². The highest BCUT2D eigenvalue weighted by molar-refractivity contribution is 14.2. The van der Waals surface area contributed by atoms with E-state index in [4.69, 9.17) is 10.2 Å². The number of carbonyl (C=O) groups is 2. The molecule has 6 nitrogen and oxygen atoms in total. The molecule has 0 bridgehead atoms. The van der Waals surface area contributed by atoms with E-state index in [0.29, 0.717) is 0 Å². The van der Waals surface area contributed by atoms with Crippen molar-refractivity contribution in [3.63, 3.8) is 0 Å². The second-order valence-electron chi connectivity index (χ2n) is 2.98. The van der Waals surface area contributed by atoms with Crippen LogP contribution < -0.4 is 0 Å². The van der Waals surface area contributed by atoms with E-state index < -0.39 is 37.3 Å². The summed E-state index contributed by atoms with van der Waals surface area (Å²) < 4.78 is 21.6. The van der Waals surface area contributed by atoms with E-state index in [1.165, 1.54) is 6.92 Å². The minimum Gasteiger partial charge on any atom is -0.478 e. The number of hydrogen-bond acceptors (Lipinski definition) is 4. The van der Waals surface area contributed by atoms with Crippen LogP contribution >= 0.6 is 19.8 Å². The highest BCUT2D eigenvalue weighted by Gasteiger charge is 2.19. The molecule has 0 unspecified atom stereocenters. The summed E-state index contributed by atoms with van der Waals surface area (Å²) in [6.45, 7) is 1.37.